The summed E-state index contributed by atoms with van der Waals surface area (Å²) in [6.07, 6.45) is 0. The summed E-state index contributed by atoms with van der Waals surface area (Å²) in [6, 6.07) is 3.29. The lowest BCUT2D eigenvalue weighted by molar-refractivity contribution is -0.137. The van der Waals surface area contributed by atoms with Crippen molar-refractivity contribution in [3.63, 3.8) is 0 Å². The molecule has 0 radical (unpaired) electrons. The van der Waals surface area contributed by atoms with Gasteiger partial charge in [-0.25, -0.2) is 4.79 Å². The zero-order valence-corrected chi connectivity index (χ0v) is 10.6. The second-order valence-corrected chi connectivity index (χ2v) is 4.06. The minimum Gasteiger partial charge on any atom is -0.460 e. The van der Waals surface area contributed by atoms with E-state index in [9.17, 15) is 9.59 Å². The SMILES string of the molecule is CCOC(=O)C(=O)c1c(Br)ccc2c1OCO2. The summed E-state index contributed by atoms with van der Waals surface area (Å²) in [6.45, 7) is 1.82. The zero-order chi connectivity index (χ0) is 12.4. The molecule has 6 heteroatoms. The fourth-order valence-corrected chi connectivity index (χ4v) is 1.95. The van der Waals surface area contributed by atoms with Crippen LogP contribution in [0.4, 0.5) is 0 Å². The van der Waals surface area contributed by atoms with Gasteiger partial charge in [-0.2, -0.15) is 0 Å². The van der Waals surface area contributed by atoms with E-state index in [0.29, 0.717) is 10.2 Å². The lowest BCUT2D eigenvalue weighted by atomic mass is 10.1. The number of ketones is 1. The van der Waals surface area contributed by atoms with Crippen molar-refractivity contribution in [2.24, 2.45) is 0 Å². The number of ether oxygens (including phenoxy) is 3. The van der Waals surface area contributed by atoms with Crippen LogP contribution in [0.3, 0.4) is 0 Å². The van der Waals surface area contributed by atoms with E-state index in [0.717, 1.165) is 0 Å². The molecule has 90 valence electrons. The quantitative estimate of drug-likeness (QED) is 0.485. The molecule has 0 spiro atoms. The molecule has 0 N–H and O–H groups in total. The minimum atomic E-state index is -0.905. The van der Waals surface area contributed by atoms with Crippen LogP contribution in [-0.2, 0) is 9.53 Å². The molecule has 0 bridgehead atoms. The summed E-state index contributed by atoms with van der Waals surface area (Å²) in [5, 5.41) is 0. The second-order valence-electron chi connectivity index (χ2n) is 3.21. The maximum atomic E-state index is 11.9. The van der Waals surface area contributed by atoms with E-state index in [4.69, 9.17) is 9.47 Å². The van der Waals surface area contributed by atoms with E-state index in [-0.39, 0.29) is 24.7 Å². The van der Waals surface area contributed by atoms with Crippen LogP contribution in [0, 0.1) is 0 Å². The molecule has 0 aromatic heterocycles. The number of hydrogen-bond acceptors (Lipinski definition) is 5. The van der Waals surface area contributed by atoms with Crippen molar-refractivity contribution in [3.8, 4) is 11.5 Å². The van der Waals surface area contributed by atoms with Crippen LogP contribution in [-0.4, -0.2) is 25.2 Å². The van der Waals surface area contributed by atoms with Gasteiger partial charge in [0.25, 0.3) is 5.78 Å². The number of fused-ring (bicyclic) bond motifs is 1. The Kier molecular flexibility index (Phi) is 3.33. The Morgan fingerprint density at radius 1 is 1.41 bits per heavy atom. The predicted octanol–water partition coefficient (Wildman–Crippen LogP) is 1.92. The maximum absolute atomic E-state index is 11.9. The van der Waals surface area contributed by atoms with E-state index in [1.807, 2.05) is 0 Å². The Balaban J connectivity index is 2.41. The first kappa shape index (κ1) is 11.9. The Bertz CT molecular complexity index is 483. The molecule has 0 unspecified atom stereocenters. The molecule has 1 aliphatic heterocycles. The Labute approximate surface area is 106 Å². The van der Waals surface area contributed by atoms with Crippen molar-refractivity contribution in [2.45, 2.75) is 6.92 Å². The summed E-state index contributed by atoms with van der Waals surface area (Å²) in [5.41, 5.74) is 0.137. The first-order chi connectivity index (χ1) is 8.15. The number of benzene rings is 1. The van der Waals surface area contributed by atoms with Gasteiger partial charge in [0.05, 0.1) is 12.2 Å². The number of carbonyl (C=O) groups is 2. The molecule has 0 saturated carbocycles. The maximum Gasteiger partial charge on any atom is 0.379 e. The first-order valence-corrected chi connectivity index (χ1v) is 5.74. The van der Waals surface area contributed by atoms with Crippen LogP contribution >= 0.6 is 15.9 Å². The summed E-state index contributed by atoms with van der Waals surface area (Å²) in [5.74, 6) is -0.934. The summed E-state index contributed by atoms with van der Waals surface area (Å²) < 4.78 is 15.5. The summed E-state index contributed by atoms with van der Waals surface area (Å²) >= 11 is 3.21. The third kappa shape index (κ3) is 2.12. The molecule has 17 heavy (non-hydrogen) atoms. The van der Waals surface area contributed by atoms with Crippen molar-refractivity contribution in [3.05, 3.63) is 22.2 Å². The van der Waals surface area contributed by atoms with Gasteiger partial charge in [0, 0.05) is 4.47 Å². The van der Waals surface area contributed by atoms with Crippen molar-refractivity contribution < 1.29 is 23.8 Å². The normalized spacial score (nSPS) is 12.4. The zero-order valence-electron chi connectivity index (χ0n) is 8.99. The molecular weight excluding hydrogens is 292 g/mol. The van der Waals surface area contributed by atoms with E-state index in [2.05, 4.69) is 20.7 Å². The highest BCUT2D eigenvalue weighted by molar-refractivity contribution is 9.10. The third-order valence-corrected chi connectivity index (χ3v) is 2.84. The molecule has 1 heterocycles. The largest absolute Gasteiger partial charge is 0.460 e. The van der Waals surface area contributed by atoms with Crippen LogP contribution in [0.5, 0.6) is 11.5 Å². The molecule has 0 aliphatic carbocycles. The van der Waals surface area contributed by atoms with E-state index >= 15 is 0 Å². The average Bonchev–Trinajstić information content (AvgIpc) is 2.76. The van der Waals surface area contributed by atoms with Gasteiger partial charge in [0.1, 0.15) is 0 Å². The first-order valence-electron chi connectivity index (χ1n) is 4.94. The molecule has 0 atom stereocenters. The number of hydrogen-bond donors (Lipinski definition) is 0. The van der Waals surface area contributed by atoms with Crippen LogP contribution < -0.4 is 9.47 Å². The fourth-order valence-electron chi connectivity index (χ4n) is 1.46. The molecule has 1 aromatic rings. The standard InChI is InChI=1S/C11H9BrO5/c1-2-15-11(14)9(13)8-6(12)3-4-7-10(8)17-5-16-7/h3-4H,2,5H2,1H3. The number of esters is 1. The molecule has 2 rings (SSSR count). The van der Waals surface area contributed by atoms with Crippen LogP contribution in [0.1, 0.15) is 17.3 Å². The highest BCUT2D eigenvalue weighted by Gasteiger charge is 2.29. The lowest BCUT2D eigenvalue weighted by Crippen LogP contribution is -2.18. The molecule has 1 aliphatic rings. The minimum absolute atomic E-state index is 0.0366. The van der Waals surface area contributed by atoms with E-state index in [1.54, 1.807) is 19.1 Å². The van der Waals surface area contributed by atoms with Crippen molar-refractivity contribution >= 4 is 27.7 Å². The van der Waals surface area contributed by atoms with Gasteiger partial charge in [-0.1, -0.05) is 0 Å². The highest BCUT2D eigenvalue weighted by atomic mass is 79.9. The number of halogens is 1. The lowest BCUT2D eigenvalue weighted by Gasteiger charge is -2.06. The van der Waals surface area contributed by atoms with Gasteiger partial charge in [0.2, 0.25) is 6.79 Å². The average molecular weight is 301 g/mol. The van der Waals surface area contributed by atoms with Gasteiger partial charge in [0.15, 0.2) is 11.5 Å². The summed E-state index contributed by atoms with van der Waals surface area (Å²) in [4.78, 5) is 23.3. The van der Waals surface area contributed by atoms with Gasteiger partial charge in [-0.15, -0.1) is 0 Å². The molecule has 5 nitrogen and oxygen atoms in total. The third-order valence-electron chi connectivity index (χ3n) is 2.18. The fraction of sp³-hybridized carbons (Fsp3) is 0.273. The number of carbonyl (C=O) groups excluding carboxylic acids is 2. The molecule has 0 amide bonds. The summed E-state index contributed by atoms with van der Waals surface area (Å²) in [7, 11) is 0. The topological polar surface area (TPSA) is 61.8 Å². The highest BCUT2D eigenvalue weighted by Crippen LogP contribution is 2.39. The van der Waals surface area contributed by atoms with Gasteiger partial charge < -0.3 is 14.2 Å². The van der Waals surface area contributed by atoms with Crippen LogP contribution in [0.25, 0.3) is 0 Å². The van der Waals surface area contributed by atoms with Crippen LogP contribution in [0.15, 0.2) is 16.6 Å². The predicted molar refractivity (Wildman–Crippen MR) is 61.2 cm³/mol. The van der Waals surface area contributed by atoms with E-state index < -0.39 is 11.8 Å². The molecular formula is C11H9BrO5. The molecule has 0 saturated heterocycles. The monoisotopic (exact) mass is 300 g/mol. The van der Waals surface area contributed by atoms with Gasteiger partial charge >= 0.3 is 5.97 Å². The Hall–Kier alpha value is -1.56. The van der Waals surface area contributed by atoms with Crippen molar-refractivity contribution in [1.82, 2.24) is 0 Å². The number of Topliss-reactive ketones (excluding diaryl/α,β-unsaturated/α-hetero) is 1. The molecule has 0 fully saturated rings. The van der Waals surface area contributed by atoms with Crippen molar-refractivity contribution in [1.29, 1.82) is 0 Å². The van der Waals surface area contributed by atoms with Crippen LogP contribution in [0.2, 0.25) is 0 Å². The second kappa shape index (κ2) is 4.75. The Morgan fingerprint density at radius 3 is 2.88 bits per heavy atom. The number of rotatable bonds is 3. The molecule has 1 aromatic carbocycles. The Morgan fingerprint density at radius 2 is 2.18 bits per heavy atom. The smallest absolute Gasteiger partial charge is 0.379 e. The van der Waals surface area contributed by atoms with Gasteiger partial charge in [-0.3, -0.25) is 4.79 Å². The van der Waals surface area contributed by atoms with E-state index in [1.165, 1.54) is 0 Å². The van der Waals surface area contributed by atoms with Gasteiger partial charge in [-0.05, 0) is 35.0 Å². The van der Waals surface area contributed by atoms with Crippen molar-refractivity contribution in [2.75, 3.05) is 13.4 Å².